The van der Waals surface area contributed by atoms with Crippen LogP contribution in [0.4, 0.5) is 0 Å². The van der Waals surface area contributed by atoms with Crippen molar-refractivity contribution in [2.75, 3.05) is 6.54 Å². The molecule has 3 aromatic rings. The number of rotatable bonds is 2. The van der Waals surface area contributed by atoms with E-state index in [1.807, 2.05) is 22.8 Å². The van der Waals surface area contributed by atoms with Crippen molar-refractivity contribution in [2.24, 2.45) is 0 Å². The minimum Gasteiger partial charge on any atom is -0.291 e. The van der Waals surface area contributed by atoms with Crippen LogP contribution in [0.25, 0.3) is 10.2 Å². The van der Waals surface area contributed by atoms with E-state index in [9.17, 15) is 0 Å². The first kappa shape index (κ1) is 12.7. The van der Waals surface area contributed by atoms with E-state index < -0.39 is 0 Å². The molecule has 0 fully saturated rings. The minimum absolute atomic E-state index is 0.569. The lowest BCUT2D eigenvalue weighted by molar-refractivity contribution is 0.241. The first-order chi connectivity index (χ1) is 9.79. The van der Waals surface area contributed by atoms with E-state index in [1.165, 1.54) is 10.4 Å². The molecule has 4 rings (SSSR count). The van der Waals surface area contributed by atoms with Gasteiger partial charge in [-0.1, -0.05) is 11.6 Å². The Kier molecular flexibility index (Phi) is 3.22. The van der Waals surface area contributed by atoms with E-state index in [2.05, 4.69) is 26.3 Å². The van der Waals surface area contributed by atoms with Crippen LogP contribution in [0, 0.1) is 0 Å². The molecule has 0 bridgehead atoms. The molecule has 0 spiro atoms. The second kappa shape index (κ2) is 5.07. The van der Waals surface area contributed by atoms with Crippen LogP contribution in [0.5, 0.6) is 0 Å². The minimum atomic E-state index is 0.569. The first-order valence-corrected chi connectivity index (χ1v) is 8.60. The summed E-state index contributed by atoms with van der Waals surface area (Å²) in [4.78, 5) is 13.9. The van der Waals surface area contributed by atoms with Crippen LogP contribution in [0.3, 0.4) is 0 Å². The van der Waals surface area contributed by atoms with Crippen molar-refractivity contribution in [2.45, 2.75) is 19.5 Å². The number of nitrogens with zero attached hydrogens (tertiary/aromatic N) is 3. The van der Waals surface area contributed by atoms with Gasteiger partial charge in [0.1, 0.15) is 15.8 Å². The Morgan fingerprint density at radius 3 is 3.05 bits per heavy atom. The zero-order valence-electron chi connectivity index (χ0n) is 10.7. The zero-order chi connectivity index (χ0) is 13.5. The van der Waals surface area contributed by atoms with Crippen LogP contribution in [0.1, 0.15) is 16.3 Å². The summed E-state index contributed by atoms with van der Waals surface area (Å²) >= 11 is 9.70. The number of fused-ring (bicyclic) bond motifs is 2. The monoisotopic (exact) mass is 321 g/mol. The van der Waals surface area contributed by atoms with E-state index in [0.29, 0.717) is 5.15 Å². The molecular weight excluding hydrogens is 310 g/mol. The van der Waals surface area contributed by atoms with Gasteiger partial charge in [0.2, 0.25) is 0 Å². The number of aromatic nitrogens is 2. The van der Waals surface area contributed by atoms with Crippen molar-refractivity contribution in [1.29, 1.82) is 0 Å². The predicted octanol–water partition coefficient (Wildman–Crippen LogP) is 3.96. The largest absolute Gasteiger partial charge is 0.291 e. The number of thiophene rings is 2. The maximum atomic E-state index is 6.22. The van der Waals surface area contributed by atoms with E-state index in [4.69, 9.17) is 11.6 Å². The molecule has 0 saturated heterocycles. The Balaban J connectivity index is 1.59. The number of hydrogen-bond donors (Lipinski definition) is 0. The molecule has 1 aliphatic rings. The topological polar surface area (TPSA) is 29.0 Å². The van der Waals surface area contributed by atoms with Crippen LogP contribution < -0.4 is 0 Å². The van der Waals surface area contributed by atoms with Gasteiger partial charge in [-0.25, -0.2) is 9.97 Å². The fraction of sp³-hybridized carbons (Fsp3) is 0.286. The summed E-state index contributed by atoms with van der Waals surface area (Å²) in [7, 11) is 0. The molecular formula is C14H12ClN3S2. The van der Waals surface area contributed by atoms with Crippen molar-refractivity contribution >= 4 is 44.5 Å². The third kappa shape index (κ3) is 2.24. The fourth-order valence-corrected chi connectivity index (χ4v) is 4.55. The summed E-state index contributed by atoms with van der Waals surface area (Å²) < 4.78 is 0. The summed E-state index contributed by atoms with van der Waals surface area (Å²) in [5, 5.41) is 5.71. The van der Waals surface area contributed by atoms with Gasteiger partial charge in [0.05, 0.1) is 6.54 Å². The molecule has 20 heavy (non-hydrogen) atoms. The molecule has 0 saturated carbocycles. The summed E-state index contributed by atoms with van der Waals surface area (Å²) in [5.41, 5.74) is 1.45. The second-order valence-electron chi connectivity index (χ2n) is 4.90. The molecule has 0 unspecified atom stereocenters. The highest BCUT2D eigenvalue weighted by Crippen LogP contribution is 2.27. The molecule has 3 aromatic heterocycles. The van der Waals surface area contributed by atoms with Gasteiger partial charge < -0.3 is 0 Å². The smallest absolute Gasteiger partial charge is 0.145 e. The van der Waals surface area contributed by atoms with Gasteiger partial charge in [-0.05, 0) is 34.9 Å². The van der Waals surface area contributed by atoms with Crippen LogP contribution in [-0.2, 0) is 19.5 Å². The van der Waals surface area contributed by atoms with Gasteiger partial charge in [0.25, 0.3) is 0 Å². The summed E-state index contributed by atoms with van der Waals surface area (Å²) in [5.74, 6) is 0.823. The lowest BCUT2D eigenvalue weighted by Gasteiger charge is -2.25. The lowest BCUT2D eigenvalue weighted by atomic mass is 10.1. The van der Waals surface area contributed by atoms with Crippen LogP contribution >= 0.6 is 34.3 Å². The summed E-state index contributed by atoms with van der Waals surface area (Å²) in [6, 6.07) is 4.20. The Hall–Kier alpha value is -1.01. The molecule has 0 atom stereocenters. The Bertz CT molecular complexity index is 765. The molecule has 3 nitrogen and oxygen atoms in total. The highest BCUT2D eigenvalue weighted by Gasteiger charge is 2.18. The fourth-order valence-electron chi connectivity index (χ4n) is 2.57. The van der Waals surface area contributed by atoms with Gasteiger partial charge in [-0.15, -0.1) is 22.7 Å². The van der Waals surface area contributed by atoms with E-state index in [-0.39, 0.29) is 0 Å². The average molecular weight is 322 g/mol. The average Bonchev–Trinajstić information content (AvgIpc) is 3.06. The van der Waals surface area contributed by atoms with Gasteiger partial charge in [0.15, 0.2) is 0 Å². The van der Waals surface area contributed by atoms with Crippen molar-refractivity contribution in [1.82, 2.24) is 14.9 Å². The predicted molar refractivity (Wildman–Crippen MR) is 84.6 cm³/mol. The van der Waals surface area contributed by atoms with Crippen molar-refractivity contribution in [3.05, 3.63) is 44.3 Å². The lowest BCUT2D eigenvalue weighted by Crippen LogP contribution is -2.29. The quantitative estimate of drug-likeness (QED) is 0.669. The Labute approximate surface area is 129 Å². The molecule has 0 aromatic carbocycles. The molecule has 0 amide bonds. The highest BCUT2D eigenvalue weighted by atomic mass is 35.5. The summed E-state index contributed by atoms with van der Waals surface area (Å²) in [6.45, 7) is 2.82. The van der Waals surface area contributed by atoms with Crippen LogP contribution in [-0.4, -0.2) is 21.4 Å². The van der Waals surface area contributed by atoms with Crippen molar-refractivity contribution in [3.8, 4) is 0 Å². The maximum absolute atomic E-state index is 6.22. The third-order valence-corrected chi connectivity index (χ3v) is 5.69. The summed E-state index contributed by atoms with van der Waals surface area (Å²) in [6.07, 6.45) is 1.13. The molecule has 6 heteroatoms. The zero-order valence-corrected chi connectivity index (χ0v) is 13.1. The van der Waals surface area contributed by atoms with E-state index in [1.54, 1.807) is 11.3 Å². The maximum Gasteiger partial charge on any atom is 0.145 e. The molecule has 1 aliphatic heterocycles. The van der Waals surface area contributed by atoms with Crippen LogP contribution in [0.2, 0.25) is 5.15 Å². The normalized spacial score (nSPS) is 15.7. The van der Waals surface area contributed by atoms with Crippen molar-refractivity contribution in [3.63, 3.8) is 0 Å². The number of halogens is 1. The SMILES string of the molecule is Clc1nc(CN2CCc3sccc3C2)nc2sccc12. The van der Waals surface area contributed by atoms with E-state index >= 15 is 0 Å². The first-order valence-electron chi connectivity index (χ1n) is 6.47. The standard InChI is InChI=1S/C14H12ClN3S2/c15-13-10-3-6-20-14(10)17-12(16-13)8-18-4-1-11-9(7-18)2-5-19-11/h2-3,5-6H,1,4,7-8H2. The molecule has 102 valence electrons. The molecule has 4 heterocycles. The van der Waals surface area contributed by atoms with E-state index in [0.717, 1.165) is 42.1 Å². The molecule has 0 N–H and O–H groups in total. The van der Waals surface area contributed by atoms with Crippen molar-refractivity contribution < 1.29 is 0 Å². The van der Waals surface area contributed by atoms with Crippen LogP contribution in [0.15, 0.2) is 22.9 Å². The van der Waals surface area contributed by atoms with Gasteiger partial charge in [0, 0.05) is 23.4 Å². The highest BCUT2D eigenvalue weighted by molar-refractivity contribution is 7.16. The van der Waals surface area contributed by atoms with Gasteiger partial charge in [-0.2, -0.15) is 0 Å². The Morgan fingerprint density at radius 2 is 2.10 bits per heavy atom. The third-order valence-electron chi connectivity index (χ3n) is 3.58. The molecule has 0 radical (unpaired) electrons. The molecule has 0 aliphatic carbocycles. The van der Waals surface area contributed by atoms with Gasteiger partial charge in [-0.3, -0.25) is 4.90 Å². The van der Waals surface area contributed by atoms with Gasteiger partial charge >= 0.3 is 0 Å². The number of hydrogen-bond acceptors (Lipinski definition) is 5. The Morgan fingerprint density at radius 1 is 1.20 bits per heavy atom. The second-order valence-corrected chi connectivity index (χ2v) is 7.15.